The maximum absolute atomic E-state index is 13.8. The molecule has 37 heavy (non-hydrogen) atoms. The normalized spacial score (nSPS) is 16.6. The van der Waals surface area contributed by atoms with E-state index in [-0.39, 0.29) is 11.7 Å². The highest BCUT2D eigenvalue weighted by molar-refractivity contribution is 7.17. The van der Waals surface area contributed by atoms with Crippen LogP contribution in [0.1, 0.15) is 69.4 Å². The fourth-order valence-corrected chi connectivity index (χ4v) is 6.35. The Morgan fingerprint density at radius 1 is 0.973 bits per heavy atom. The highest BCUT2D eigenvalue weighted by Crippen LogP contribution is 2.43. The number of hydrogen-bond donors (Lipinski definition) is 0. The molecule has 0 bridgehead atoms. The summed E-state index contributed by atoms with van der Waals surface area (Å²) in [5.41, 5.74) is 6.26. The smallest absolute Gasteiger partial charge is 0.276 e. The van der Waals surface area contributed by atoms with Gasteiger partial charge in [0.2, 0.25) is 0 Å². The second kappa shape index (κ2) is 9.03. The maximum atomic E-state index is 13.8. The number of amides is 1. The number of hydrogen-bond acceptors (Lipinski definition) is 5. The van der Waals surface area contributed by atoms with Gasteiger partial charge in [0.05, 0.1) is 16.3 Å². The maximum Gasteiger partial charge on any atom is 0.276 e. The van der Waals surface area contributed by atoms with Gasteiger partial charge in [-0.05, 0) is 80.0 Å². The van der Waals surface area contributed by atoms with Crippen molar-refractivity contribution in [1.82, 2.24) is 9.97 Å². The first-order valence-corrected chi connectivity index (χ1v) is 14.0. The number of benzene rings is 1. The number of carbonyl (C=O) groups excluding carboxylic acids is 2. The molecule has 4 aromatic rings. The Labute approximate surface area is 220 Å². The van der Waals surface area contributed by atoms with E-state index in [2.05, 4.69) is 29.2 Å². The molecule has 0 atom stereocenters. The summed E-state index contributed by atoms with van der Waals surface area (Å²) in [7, 11) is 0. The third kappa shape index (κ3) is 4.40. The molecule has 3 aliphatic rings. The molecule has 0 spiro atoms. The molecule has 184 valence electrons. The van der Waals surface area contributed by atoms with Crippen molar-refractivity contribution in [3.05, 3.63) is 88.7 Å². The fourth-order valence-electron chi connectivity index (χ4n) is 5.16. The SMILES string of the molecule is O=C(CC1CC1)c1cc2c(s1)-c1ccccc1N(C(=O)c1cccc(-c3ccc(C4CC4)nc3)n1)CC2. The van der Waals surface area contributed by atoms with Crippen molar-refractivity contribution in [2.75, 3.05) is 11.4 Å². The van der Waals surface area contributed by atoms with Crippen molar-refractivity contribution < 1.29 is 9.59 Å². The van der Waals surface area contributed by atoms with Crippen LogP contribution in [0.25, 0.3) is 21.7 Å². The summed E-state index contributed by atoms with van der Waals surface area (Å²) < 4.78 is 0. The van der Waals surface area contributed by atoms with Crippen LogP contribution in [0.2, 0.25) is 0 Å². The second-order valence-electron chi connectivity index (χ2n) is 10.4. The summed E-state index contributed by atoms with van der Waals surface area (Å²) >= 11 is 1.58. The van der Waals surface area contributed by atoms with E-state index < -0.39 is 0 Å². The molecule has 2 saturated carbocycles. The van der Waals surface area contributed by atoms with Crippen LogP contribution < -0.4 is 4.90 Å². The molecule has 1 aliphatic heterocycles. The Balaban J connectivity index is 1.19. The molecule has 0 saturated heterocycles. The Kier molecular flexibility index (Phi) is 5.50. The average Bonchev–Trinajstić information content (AvgIpc) is 3.87. The topological polar surface area (TPSA) is 63.2 Å². The minimum absolute atomic E-state index is 0.114. The van der Waals surface area contributed by atoms with Gasteiger partial charge < -0.3 is 4.90 Å². The predicted octanol–water partition coefficient (Wildman–Crippen LogP) is 6.94. The summed E-state index contributed by atoms with van der Waals surface area (Å²) in [4.78, 5) is 39.8. The van der Waals surface area contributed by atoms with Crippen molar-refractivity contribution in [1.29, 1.82) is 0 Å². The molecule has 1 aromatic carbocycles. The molecule has 2 aliphatic carbocycles. The second-order valence-corrected chi connectivity index (χ2v) is 11.5. The molecular weight excluding hydrogens is 478 g/mol. The summed E-state index contributed by atoms with van der Waals surface area (Å²) in [5, 5.41) is 0. The van der Waals surface area contributed by atoms with Gasteiger partial charge in [-0.15, -0.1) is 11.3 Å². The number of carbonyl (C=O) groups is 2. The third-order valence-electron chi connectivity index (χ3n) is 7.59. The number of para-hydroxylation sites is 1. The summed E-state index contributed by atoms with van der Waals surface area (Å²) in [5.74, 6) is 1.32. The molecule has 0 N–H and O–H groups in total. The molecule has 3 aromatic heterocycles. The molecular formula is C31H27N3O2S. The zero-order valence-corrected chi connectivity index (χ0v) is 21.3. The number of Topliss-reactive ketones (excluding diaryl/α,β-unsaturated/α-hetero) is 1. The van der Waals surface area contributed by atoms with Gasteiger partial charge in [0.1, 0.15) is 5.69 Å². The van der Waals surface area contributed by atoms with E-state index in [0.29, 0.717) is 36.9 Å². The van der Waals surface area contributed by atoms with E-state index >= 15 is 0 Å². The van der Waals surface area contributed by atoms with Crippen molar-refractivity contribution in [3.63, 3.8) is 0 Å². The quantitative estimate of drug-likeness (QED) is 0.266. The van der Waals surface area contributed by atoms with Crippen molar-refractivity contribution in [3.8, 4) is 21.7 Å². The van der Waals surface area contributed by atoms with Gasteiger partial charge in [-0.1, -0.05) is 24.3 Å². The lowest BCUT2D eigenvalue weighted by molar-refractivity contribution is 0.0972. The first kappa shape index (κ1) is 22.5. The third-order valence-corrected chi connectivity index (χ3v) is 8.84. The van der Waals surface area contributed by atoms with Crippen LogP contribution >= 0.6 is 11.3 Å². The lowest BCUT2D eigenvalue weighted by Gasteiger charge is -2.23. The minimum atomic E-state index is -0.114. The molecule has 0 radical (unpaired) electrons. The van der Waals surface area contributed by atoms with Gasteiger partial charge in [-0.2, -0.15) is 0 Å². The zero-order chi connectivity index (χ0) is 24.9. The summed E-state index contributed by atoms with van der Waals surface area (Å²) in [6.07, 6.45) is 8.02. The first-order chi connectivity index (χ1) is 18.1. The van der Waals surface area contributed by atoms with Crippen molar-refractivity contribution in [2.45, 2.75) is 44.4 Å². The van der Waals surface area contributed by atoms with E-state index in [0.717, 1.165) is 43.5 Å². The van der Waals surface area contributed by atoms with Gasteiger partial charge in [-0.25, -0.2) is 4.98 Å². The van der Waals surface area contributed by atoms with E-state index in [1.807, 2.05) is 41.4 Å². The zero-order valence-electron chi connectivity index (χ0n) is 20.5. The number of aromatic nitrogens is 2. The minimum Gasteiger partial charge on any atom is -0.306 e. The van der Waals surface area contributed by atoms with Gasteiger partial charge >= 0.3 is 0 Å². The monoisotopic (exact) mass is 505 g/mol. The van der Waals surface area contributed by atoms with Crippen LogP contribution in [0.5, 0.6) is 0 Å². The number of rotatable bonds is 6. The fraction of sp³-hybridized carbons (Fsp3) is 0.290. The molecule has 4 heterocycles. The molecule has 5 nitrogen and oxygen atoms in total. The highest BCUT2D eigenvalue weighted by Gasteiger charge is 2.30. The van der Waals surface area contributed by atoms with E-state index in [4.69, 9.17) is 4.98 Å². The molecule has 7 rings (SSSR count). The van der Waals surface area contributed by atoms with Crippen LogP contribution in [-0.4, -0.2) is 28.2 Å². The summed E-state index contributed by atoms with van der Waals surface area (Å²) in [6, 6.07) is 19.8. The number of nitrogens with zero attached hydrogens (tertiary/aromatic N) is 3. The van der Waals surface area contributed by atoms with Crippen LogP contribution in [0, 0.1) is 5.92 Å². The molecule has 0 unspecified atom stereocenters. The standard InChI is InChI=1S/C31H27N3O2S/c35-28(16-19-8-9-19)29-17-21-14-15-34(27-7-2-1-4-23(27)30(21)37-29)31(36)26-6-3-5-25(33-26)22-12-13-24(32-18-22)20-10-11-20/h1-7,12-13,17-20H,8-11,14-16H2. The van der Waals surface area contributed by atoms with E-state index in [1.165, 1.54) is 25.7 Å². The van der Waals surface area contributed by atoms with Crippen LogP contribution in [0.3, 0.4) is 0 Å². The number of ketones is 1. The molecule has 1 amide bonds. The Bertz CT molecular complexity index is 1520. The van der Waals surface area contributed by atoms with Crippen LogP contribution in [0.15, 0.2) is 66.9 Å². The Morgan fingerprint density at radius 3 is 2.62 bits per heavy atom. The first-order valence-electron chi connectivity index (χ1n) is 13.1. The van der Waals surface area contributed by atoms with Crippen LogP contribution in [0.4, 0.5) is 5.69 Å². The number of fused-ring (bicyclic) bond motifs is 3. The molecule has 2 fully saturated rings. The number of pyridine rings is 2. The lowest BCUT2D eigenvalue weighted by atomic mass is 10.1. The highest BCUT2D eigenvalue weighted by atomic mass is 32.1. The van der Waals surface area contributed by atoms with Crippen LogP contribution in [-0.2, 0) is 6.42 Å². The van der Waals surface area contributed by atoms with Gasteiger partial charge in [0, 0.05) is 46.8 Å². The lowest BCUT2D eigenvalue weighted by Crippen LogP contribution is -2.33. The van der Waals surface area contributed by atoms with Crippen molar-refractivity contribution >= 4 is 28.7 Å². The van der Waals surface area contributed by atoms with Crippen molar-refractivity contribution in [2.24, 2.45) is 5.92 Å². The number of anilines is 1. The summed E-state index contributed by atoms with van der Waals surface area (Å²) in [6.45, 7) is 0.541. The predicted molar refractivity (Wildman–Crippen MR) is 146 cm³/mol. The van der Waals surface area contributed by atoms with Gasteiger partial charge in [0.15, 0.2) is 5.78 Å². The Hall–Kier alpha value is -3.64. The van der Waals surface area contributed by atoms with Gasteiger partial charge in [-0.3, -0.25) is 14.6 Å². The average molecular weight is 506 g/mol. The largest absolute Gasteiger partial charge is 0.306 e. The number of thiophene rings is 1. The Morgan fingerprint density at radius 2 is 1.84 bits per heavy atom. The molecule has 6 heteroatoms. The van der Waals surface area contributed by atoms with Gasteiger partial charge in [0.25, 0.3) is 5.91 Å². The van der Waals surface area contributed by atoms with E-state index in [1.54, 1.807) is 17.4 Å². The van der Waals surface area contributed by atoms with E-state index in [9.17, 15) is 9.59 Å².